The number of aryl methyl sites for hydroxylation is 1. The van der Waals surface area contributed by atoms with E-state index >= 15 is 4.39 Å². The topological polar surface area (TPSA) is 86.9 Å². The van der Waals surface area contributed by atoms with E-state index in [2.05, 4.69) is 10.2 Å². The van der Waals surface area contributed by atoms with E-state index < -0.39 is 23.2 Å². The third-order valence-corrected chi connectivity index (χ3v) is 10.1. The molecular formula is C31H25Cl2FN4O3. The number of aromatic nitrogens is 2. The van der Waals surface area contributed by atoms with Gasteiger partial charge in [-0.1, -0.05) is 41.4 Å². The Kier molecular flexibility index (Phi) is 5.40. The summed E-state index contributed by atoms with van der Waals surface area (Å²) in [6, 6.07) is 13.5. The molecular weight excluding hydrogens is 566 g/mol. The van der Waals surface area contributed by atoms with Gasteiger partial charge in [-0.15, -0.1) is 0 Å². The fourth-order valence-electron chi connectivity index (χ4n) is 7.76. The number of carboxylic acids is 1. The van der Waals surface area contributed by atoms with Crippen molar-refractivity contribution in [2.24, 2.45) is 5.92 Å². The van der Waals surface area contributed by atoms with Crippen LogP contribution in [-0.2, 0) is 16.8 Å². The second-order valence-corrected chi connectivity index (χ2v) is 12.5. The Bertz CT molecular complexity index is 1800. The van der Waals surface area contributed by atoms with Gasteiger partial charge in [-0.3, -0.25) is 9.69 Å². The largest absolute Gasteiger partial charge is 0.478 e. The van der Waals surface area contributed by atoms with Crippen LogP contribution >= 0.6 is 23.2 Å². The third-order valence-electron chi connectivity index (χ3n) is 9.53. The summed E-state index contributed by atoms with van der Waals surface area (Å²) < 4.78 is 18.1. The maximum atomic E-state index is 16.1. The zero-order valence-corrected chi connectivity index (χ0v) is 23.3. The van der Waals surface area contributed by atoms with Gasteiger partial charge in [-0.2, -0.15) is 0 Å². The molecule has 1 saturated carbocycles. The lowest BCUT2D eigenvalue weighted by Crippen LogP contribution is -2.52. The average Bonchev–Trinajstić information content (AvgIpc) is 3.53. The van der Waals surface area contributed by atoms with Crippen molar-refractivity contribution in [3.05, 3.63) is 98.7 Å². The molecule has 2 aliphatic heterocycles. The van der Waals surface area contributed by atoms with E-state index in [0.717, 1.165) is 36.2 Å². The molecule has 41 heavy (non-hydrogen) atoms. The van der Waals surface area contributed by atoms with Crippen molar-refractivity contribution in [2.45, 2.75) is 49.1 Å². The van der Waals surface area contributed by atoms with Crippen LogP contribution in [0.1, 0.15) is 64.0 Å². The number of benzene rings is 2. The molecule has 2 fully saturated rings. The summed E-state index contributed by atoms with van der Waals surface area (Å²) in [5.74, 6) is -2.29. The summed E-state index contributed by atoms with van der Waals surface area (Å²) in [7, 11) is 0. The minimum atomic E-state index is -1.20. The van der Waals surface area contributed by atoms with Gasteiger partial charge in [0.25, 0.3) is 0 Å². The fourth-order valence-corrected chi connectivity index (χ4v) is 8.12. The number of aromatic carboxylic acids is 1. The number of carboxylic acid groups (broad SMARTS) is 1. The number of pyridine rings is 1. The van der Waals surface area contributed by atoms with Crippen LogP contribution in [0.2, 0.25) is 10.0 Å². The molecule has 1 spiro atoms. The Hall–Kier alpha value is -3.46. The van der Waals surface area contributed by atoms with Crippen molar-refractivity contribution in [2.75, 3.05) is 11.9 Å². The van der Waals surface area contributed by atoms with Crippen LogP contribution < -0.4 is 5.32 Å². The second-order valence-electron chi connectivity index (χ2n) is 11.7. The molecule has 1 saturated heterocycles. The molecule has 4 aromatic rings. The summed E-state index contributed by atoms with van der Waals surface area (Å²) >= 11 is 12.7. The molecule has 10 heteroatoms. The highest BCUT2D eigenvalue weighted by atomic mass is 35.5. The van der Waals surface area contributed by atoms with E-state index in [4.69, 9.17) is 28.2 Å². The van der Waals surface area contributed by atoms with E-state index in [1.165, 1.54) is 6.07 Å². The number of carbonyl (C=O) groups is 2. The normalized spacial score (nSPS) is 26.7. The molecule has 2 aromatic carbocycles. The predicted molar refractivity (Wildman–Crippen MR) is 152 cm³/mol. The molecule has 0 bridgehead atoms. The minimum absolute atomic E-state index is 0.00159. The highest BCUT2D eigenvalue weighted by Crippen LogP contribution is 2.65. The van der Waals surface area contributed by atoms with E-state index in [1.54, 1.807) is 42.6 Å². The van der Waals surface area contributed by atoms with Crippen molar-refractivity contribution in [3.63, 3.8) is 0 Å². The maximum Gasteiger partial charge on any atom is 0.335 e. The van der Waals surface area contributed by atoms with Crippen LogP contribution in [0.5, 0.6) is 0 Å². The van der Waals surface area contributed by atoms with Gasteiger partial charge in [0.1, 0.15) is 17.0 Å². The van der Waals surface area contributed by atoms with Gasteiger partial charge in [0.05, 0.1) is 16.3 Å². The first-order valence-electron chi connectivity index (χ1n) is 13.9. The standard InChI is InChI=1S/C31H25Cl2FN4O3/c32-17-6-7-19-21(13-17)35-30(41)31(19)26(18-2-1-3-20(33)27(18)34)25-22(38(31)14-15-4-5-15)8-9-23-28(25)36-24-12-16(29(39)40)10-11-37(23)24/h1-3,6-7,10-13,15,22,25-26H,4-5,8-9,14H2,(H,35,41)(H,39,40)/t22-,25+,26-,31+/m0/s1. The number of rotatable bonds is 4. The number of hydrogen-bond donors (Lipinski definition) is 2. The van der Waals surface area contributed by atoms with Gasteiger partial charge in [0, 0.05) is 52.6 Å². The highest BCUT2D eigenvalue weighted by molar-refractivity contribution is 6.31. The van der Waals surface area contributed by atoms with Crippen molar-refractivity contribution in [1.82, 2.24) is 14.3 Å². The van der Waals surface area contributed by atoms with Crippen LogP contribution in [0.15, 0.2) is 54.7 Å². The SMILES string of the molecule is O=C(O)c1ccn2c3c(nc2c1)[C@@H]1[C@H](CC3)N(CC2CC2)[C@@]2(C(=O)Nc3cc(Cl)ccc32)[C@H]1c1cccc(Cl)c1F. The first-order chi connectivity index (χ1) is 19.8. The number of amides is 1. The average molecular weight is 591 g/mol. The Morgan fingerprint density at radius 3 is 2.76 bits per heavy atom. The first kappa shape index (κ1) is 25.3. The number of nitrogens with one attached hydrogen (secondary N) is 1. The Morgan fingerprint density at radius 2 is 1.98 bits per heavy atom. The second kappa shape index (κ2) is 8.77. The number of likely N-dealkylation sites (tertiary alicyclic amines) is 1. The van der Waals surface area contributed by atoms with Gasteiger partial charge in [0.2, 0.25) is 5.91 Å². The smallest absolute Gasteiger partial charge is 0.335 e. The Labute approximate surface area is 244 Å². The Morgan fingerprint density at radius 1 is 1.15 bits per heavy atom. The fraction of sp³-hybridized carbons (Fsp3) is 0.323. The zero-order valence-electron chi connectivity index (χ0n) is 21.8. The lowest BCUT2D eigenvalue weighted by Gasteiger charge is -2.40. The predicted octanol–water partition coefficient (Wildman–Crippen LogP) is 6.23. The van der Waals surface area contributed by atoms with Gasteiger partial charge >= 0.3 is 5.97 Å². The molecule has 1 amide bonds. The lowest BCUT2D eigenvalue weighted by molar-refractivity contribution is -0.128. The van der Waals surface area contributed by atoms with Crippen LogP contribution in [0, 0.1) is 11.7 Å². The number of nitrogens with zero attached hydrogens (tertiary/aromatic N) is 3. The molecule has 2 N–H and O–H groups in total. The molecule has 4 aliphatic rings. The van der Waals surface area contributed by atoms with Crippen molar-refractivity contribution < 1.29 is 19.1 Å². The lowest BCUT2D eigenvalue weighted by atomic mass is 9.68. The van der Waals surface area contributed by atoms with Crippen molar-refractivity contribution in [3.8, 4) is 0 Å². The summed E-state index contributed by atoms with van der Waals surface area (Å²) in [6.07, 6.45) is 5.36. The van der Waals surface area contributed by atoms with Gasteiger partial charge in [-0.25, -0.2) is 14.2 Å². The molecule has 8 rings (SSSR count). The van der Waals surface area contributed by atoms with Crippen molar-refractivity contribution >= 4 is 46.4 Å². The molecule has 0 radical (unpaired) electrons. The number of anilines is 1. The summed E-state index contributed by atoms with van der Waals surface area (Å²) in [6.45, 7) is 0.710. The summed E-state index contributed by atoms with van der Waals surface area (Å²) in [4.78, 5) is 33.5. The molecule has 4 heterocycles. The van der Waals surface area contributed by atoms with Crippen LogP contribution in [0.3, 0.4) is 0 Å². The molecule has 0 unspecified atom stereocenters. The minimum Gasteiger partial charge on any atom is -0.478 e. The van der Waals surface area contributed by atoms with Crippen molar-refractivity contribution in [1.29, 1.82) is 0 Å². The van der Waals surface area contributed by atoms with E-state index in [9.17, 15) is 14.7 Å². The third kappa shape index (κ3) is 3.44. The van der Waals surface area contributed by atoms with E-state index in [-0.39, 0.29) is 28.5 Å². The van der Waals surface area contributed by atoms with E-state index in [1.807, 2.05) is 10.5 Å². The molecule has 208 valence electrons. The zero-order chi connectivity index (χ0) is 28.2. The Balaban J connectivity index is 1.43. The van der Waals surface area contributed by atoms with Gasteiger partial charge < -0.3 is 14.8 Å². The van der Waals surface area contributed by atoms with Gasteiger partial charge in [0.15, 0.2) is 0 Å². The monoisotopic (exact) mass is 590 g/mol. The first-order valence-corrected chi connectivity index (χ1v) is 14.6. The number of halogens is 3. The van der Waals surface area contributed by atoms with Crippen LogP contribution in [0.25, 0.3) is 5.65 Å². The quantitative estimate of drug-likeness (QED) is 0.294. The molecule has 4 atom stereocenters. The summed E-state index contributed by atoms with van der Waals surface area (Å²) in [5.41, 5.74) is 3.00. The molecule has 2 aromatic heterocycles. The van der Waals surface area contributed by atoms with E-state index in [0.29, 0.717) is 40.8 Å². The van der Waals surface area contributed by atoms with Crippen LogP contribution in [-0.4, -0.2) is 43.9 Å². The van der Waals surface area contributed by atoms with Gasteiger partial charge in [-0.05, 0) is 67.5 Å². The summed E-state index contributed by atoms with van der Waals surface area (Å²) in [5, 5.41) is 13.2. The number of fused-ring (bicyclic) bond motifs is 7. The maximum absolute atomic E-state index is 16.1. The number of hydrogen-bond acceptors (Lipinski definition) is 4. The molecule has 2 aliphatic carbocycles. The number of imidazole rings is 1. The van der Waals surface area contributed by atoms with Crippen LogP contribution in [0.4, 0.5) is 10.1 Å². The number of carbonyl (C=O) groups excluding carboxylic acids is 1. The highest BCUT2D eigenvalue weighted by Gasteiger charge is 2.68. The molecule has 7 nitrogen and oxygen atoms in total.